The van der Waals surface area contributed by atoms with Gasteiger partial charge in [-0.2, -0.15) is 0 Å². The molecule has 2 rings (SSSR count). The topological polar surface area (TPSA) is 59.2 Å². The lowest BCUT2D eigenvalue weighted by Crippen LogP contribution is -2.26. The summed E-state index contributed by atoms with van der Waals surface area (Å²) in [5, 5.41) is 4.30. The molecule has 0 aromatic carbocycles. The van der Waals surface area contributed by atoms with Crippen molar-refractivity contribution < 1.29 is 9.32 Å². The zero-order valence-corrected chi connectivity index (χ0v) is 12.4. The Morgan fingerprint density at radius 2 is 2.25 bits per heavy atom. The fourth-order valence-corrected chi connectivity index (χ4v) is 1.94. The zero-order chi connectivity index (χ0) is 14.7. The van der Waals surface area contributed by atoms with E-state index in [4.69, 9.17) is 16.1 Å². The molecule has 0 aliphatic carbocycles. The monoisotopic (exact) mass is 293 g/mol. The van der Waals surface area contributed by atoms with Crippen LogP contribution in [0.5, 0.6) is 0 Å². The molecule has 0 radical (unpaired) electrons. The Labute approximate surface area is 122 Å². The predicted octanol–water partition coefficient (Wildman–Crippen LogP) is 3.12. The fourth-order valence-electron chi connectivity index (χ4n) is 1.74. The number of hydrogen-bond donors (Lipinski definition) is 0. The lowest BCUT2D eigenvalue weighted by molar-refractivity contribution is 0.0782. The van der Waals surface area contributed by atoms with E-state index in [0.29, 0.717) is 17.1 Å². The molecule has 6 heteroatoms. The lowest BCUT2D eigenvalue weighted by atomic mass is 10.1. The van der Waals surface area contributed by atoms with Crippen LogP contribution in [0.1, 0.15) is 41.6 Å². The highest BCUT2D eigenvalue weighted by Gasteiger charge is 2.17. The van der Waals surface area contributed by atoms with Crippen molar-refractivity contribution in [3.8, 4) is 0 Å². The van der Waals surface area contributed by atoms with Gasteiger partial charge in [-0.1, -0.05) is 30.6 Å². The van der Waals surface area contributed by atoms with Gasteiger partial charge >= 0.3 is 0 Å². The highest BCUT2D eigenvalue weighted by Crippen LogP contribution is 2.18. The van der Waals surface area contributed by atoms with Crippen LogP contribution in [0, 0.1) is 0 Å². The molecule has 0 spiro atoms. The van der Waals surface area contributed by atoms with Gasteiger partial charge in [0.05, 0.1) is 17.1 Å². The molecular formula is C14H16ClN3O2. The van der Waals surface area contributed by atoms with Crippen LogP contribution >= 0.6 is 11.6 Å². The maximum Gasteiger partial charge on any atom is 0.255 e. The number of nitrogens with zero attached hydrogens (tertiary/aromatic N) is 3. The van der Waals surface area contributed by atoms with E-state index in [1.807, 2.05) is 19.9 Å². The van der Waals surface area contributed by atoms with Crippen molar-refractivity contribution in [1.29, 1.82) is 0 Å². The van der Waals surface area contributed by atoms with Crippen LogP contribution in [0.4, 0.5) is 0 Å². The molecule has 0 saturated carbocycles. The van der Waals surface area contributed by atoms with Gasteiger partial charge in [-0.3, -0.25) is 9.78 Å². The molecule has 2 aromatic heterocycles. The van der Waals surface area contributed by atoms with Crippen molar-refractivity contribution in [1.82, 2.24) is 15.0 Å². The number of hydrogen-bond acceptors (Lipinski definition) is 4. The second-order valence-corrected chi connectivity index (χ2v) is 5.30. The van der Waals surface area contributed by atoms with Crippen LogP contribution in [0.25, 0.3) is 0 Å². The van der Waals surface area contributed by atoms with Crippen molar-refractivity contribution >= 4 is 17.5 Å². The molecule has 0 aliphatic heterocycles. The average Bonchev–Trinajstić information content (AvgIpc) is 2.87. The Morgan fingerprint density at radius 3 is 2.85 bits per heavy atom. The molecule has 2 aromatic rings. The van der Waals surface area contributed by atoms with Gasteiger partial charge in [-0.25, -0.2) is 0 Å². The molecule has 0 bridgehead atoms. The minimum atomic E-state index is -0.175. The number of carbonyl (C=O) groups excluding carboxylic acids is 1. The summed E-state index contributed by atoms with van der Waals surface area (Å²) in [7, 11) is 1.70. The summed E-state index contributed by atoms with van der Waals surface area (Å²) < 4.78 is 5.21. The third-order valence-corrected chi connectivity index (χ3v) is 3.20. The van der Waals surface area contributed by atoms with Crippen molar-refractivity contribution in [2.24, 2.45) is 0 Å². The lowest BCUT2D eigenvalue weighted by Gasteiger charge is -2.16. The van der Waals surface area contributed by atoms with Gasteiger partial charge in [-0.05, 0) is 6.07 Å². The van der Waals surface area contributed by atoms with Gasteiger partial charge in [0.15, 0.2) is 0 Å². The summed E-state index contributed by atoms with van der Waals surface area (Å²) in [6.07, 6.45) is 3.00. The van der Waals surface area contributed by atoms with E-state index in [1.54, 1.807) is 24.2 Å². The van der Waals surface area contributed by atoms with Gasteiger partial charge < -0.3 is 9.42 Å². The third-order valence-electron chi connectivity index (χ3n) is 2.89. The van der Waals surface area contributed by atoms with Crippen LogP contribution in [0.15, 0.2) is 29.0 Å². The minimum absolute atomic E-state index is 0.175. The first-order chi connectivity index (χ1) is 9.49. The largest absolute Gasteiger partial charge is 0.361 e. The quantitative estimate of drug-likeness (QED) is 0.869. The Bertz CT molecular complexity index is 610. The smallest absolute Gasteiger partial charge is 0.255 e. The summed E-state index contributed by atoms with van der Waals surface area (Å²) in [5.41, 5.74) is 1.14. The van der Waals surface area contributed by atoms with Gasteiger partial charge in [0, 0.05) is 31.4 Å². The van der Waals surface area contributed by atoms with Crippen molar-refractivity contribution in [2.45, 2.75) is 26.3 Å². The van der Waals surface area contributed by atoms with Crippen molar-refractivity contribution in [3.63, 3.8) is 0 Å². The first-order valence-corrected chi connectivity index (χ1v) is 6.67. The molecule has 20 heavy (non-hydrogen) atoms. The highest BCUT2D eigenvalue weighted by atomic mass is 35.5. The molecule has 2 heterocycles. The number of rotatable bonds is 4. The molecule has 0 unspecified atom stereocenters. The molecule has 0 aliphatic rings. The highest BCUT2D eigenvalue weighted by molar-refractivity contribution is 6.33. The standard InChI is InChI=1S/C14H16ClN3O2/c1-9(2)13-6-10(17-20-13)8-18(3)14(19)11-4-5-16-7-12(11)15/h4-7,9H,8H2,1-3H3. The zero-order valence-electron chi connectivity index (χ0n) is 11.6. The molecular weight excluding hydrogens is 278 g/mol. The van der Waals surface area contributed by atoms with E-state index in [2.05, 4.69) is 10.1 Å². The van der Waals surface area contributed by atoms with Crippen molar-refractivity contribution in [3.05, 3.63) is 46.6 Å². The maximum atomic E-state index is 12.3. The second-order valence-electron chi connectivity index (χ2n) is 4.89. The first kappa shape index (κ1) is 14.5. The van der Waals surface area contributed by atoms with Gasteiger partial charge in [0.2, 0.25) is 0 Å². The van der Waals surface area contributed by atoms with E-state index in [9.17, 15) is 4.79 Å². The molecule has 0 saturated heterocycles. The molecule has 0 atom stereocenters. The average molecular weight is 294 g/mol. The number of pyridine rings is 1. The summed E-state index contributed by atoms with van der Waals surface area (Å²) in [6.45, 7) is 4.42. The van der Waals surface area contributed by atoms with Gasteiger partial charge in [0.1, 0.15) is 11.5 Å². The normalized spacial score (nSPS) is 10.8. The van der Waals surface area contributed by atoms with Crippen molar-refractivity contribution in [2.75, 3.05) is 7.05 Å². The number of halogens is 1. The molecule has 0 N–H and O–H groups in total. The second kappa shape index (κ2) is 6.05. The van der Waals surface area contributed by atoms with Crippen LogP contribution in [-0.4, -0.2) is 28.0 Å². The minimum Gasteiger partial charge on any atom is -0.361 e. The Balaban J connectivity index is 2.09. The van der Waals surface area contributed by atoms with E-state index >= 15 is 0 Å². The molecule has 0 fully saturated rings. The van der Waals surface area contributed by atoms with E-state index in [0.717, 1.165) is 11.5 Å². The number of carbonyl (C=O) groups is 1. The number of amides is 1. The predicted molar refractivity (Wildman–Crippen MR) is 75.6 cm³/mol. The third kappa shape index (κ3) is 3.17. The fraction of sp³-hybridized carbons (Fsp3) is 0.357. The summed E-state index contributed by atoms with van der Waals surface area (Å²) in [5.74, 6) is 0.904. The summed E-state index contributed by atoms with van der Waals surface area (Å²) in [4.78, 5) is 17.7. The van der Waals surface area contributed by atoms with Gasteiger partial charge in [-0.15, -0.1) is 0 Å². The molecule has 1 amide bonds. The summed E-state index contributed by atoms with van der Waals surface area (Å²) in [6, 6.07) is 3.46. The van der Waals surface area contributed by atoms with Crippen LogP contribution in [0.3, 0.4) is 0 Å². The number of aromatic nitrogens is 2. The summed E-state index contributed by atoms with van der Waals surface area (Å²) >= 11 is 5.97. The Hall–Kier alpha value is -1.88. The van der Waals surface area contributed by atoms with Gasteiger partial charge in [0.25, 0.3) is 5.91 Å². The van der Waals surface area contributed by atoms with E-state index < -0.39 is 0 Å². The molecule has 106 valence electrons. The van der Waals surface area contributed by atoms with E-state index in [-0.39, 0.29) is 11.8 Å². The van der Waals surface area contributed by atoms with Crippen LogP contribution < -0.4 is 0 Å². The van der Waals surface area contributed by atoms with E-state index in [1.165, 1.54) is 6.20 Å². The SMILES string of the molecule is CC(C)c1cc(CN(C)C(=O)c2ccncc2Cl)no1. The Morgan fingerprint density at radius 1 is 1.50 bits per heavy atom. The first-order valence-electron chi connectivity index (χ1n) is 6.29. The Kier molecular flexibility index (Phi) is 4.39. The molecule has 5 nitrogen and oxygen atoms in total. The van der Waals surface area contributed by atoms with Crippen LogP contribution in [-0.2, 0) is 6.54 Å². The van der Waals surface area contributed by atoms with Crippen LogP contribution in [0.2, 0.25) is 5.02 Å². The maximum absolute atomic E-state index is 12.3.